The van der Waals surface area contributed by atoms with E-state index in [0.29, 0.717) is 30.3 Å². The highest BCUT2D eigenvalue weighted by Gasteiger charge is 2.10. The highest BCUT2D eigenvalue weighted by atomic mass is 16.5. The molecular formula is C23H26N2O4. The van der Waals surface area contributed by atoms with Crippen molar-refractivity contribution in [1.29, 1.82) is 5.26 Å². The van der Waals surface area contributed by atoms with Crippen LogP contribution in [-0.4, -0.2) is 32.8 Å². The van der Waals surface area contributed by atoms with Crippen molar-refractivity contribution in [3.63, 3.8) is 0 Å². The van der Waals surface area contributed by atoms with Crippen molar-refractivity contribution in [1.82, 2.24) is 5.32 Å². The summed E-state index contributed by atoms with van der Waals surface area (Å²) in [4.78, 5) is 12.3. The predicted octanol–water partition coefficient (Wildman–Crippen LogP) is 3.81. The number of benzene rings is 2. The van der Waals surface area contributed by atoms with E-state index < -0.39 is 5.91 Å². The lowest BCUT2D eigenvalue weighted by Crippen LogP contribution is -2.29. The average Bonchev–Trinajstić information content (AvgIpc) is 2.69. The second-order valence-electron chi connectivity index (χ2n) is 6.44. The lowest BCUT2D eigenvalue weighted by molar-refractivity contribution is -0.117. The first-order valence-electron chi connectivity index (χ1n) is 9.38. The Morgan fingerprint density at radius 2 is 1.83 bits per heavy atom. The van der Waals surface area contributed by atoms with Crippen molar-refractivity contribution < 1.29 is 19.0 Å². The van der Waals surface area contributed by atoms with Crippen molar-refractivity contribution in [3.05, 3.63) is 58.7 Å². The van der Waals surface area contributed by atoms with Crippen molar-refractivity contribution in [2.24, 2.45) is 0 Å². The van der Waals surface area contributed by atoms with Crippen LogP contribution < -0.4 is 19.5 Å². The van der Waals surface area contributed by atoms with Gasteiger partial charge in [0.2, 0.25) is 0 Å². The zero-order valence-corrected chi connectivity index (χ0v) is 17.2. The number of carbonyl (C=O) groups is 1. The molecule has 0 unspecified atom stereocenters. The smallest absolute Gasteiger partial charge is 0.262 e. The molecule has 0 aromatic heterocycles. The maximum atomic E-state index is 12.3. The van der Waals surface area contributed by atoms with Crippen LogP contribution in [0.3, 0.4) is 0 Å². The molecule has 0 spiro atoms. The Morgan fingerprint density at radius 1 is 1.10 bits per heavy atom. The minimum absolute atomic E-state index is 0.00242. The van der Waals surface area contributed by atoms with Gasteiger partial charge in [0.05, 0.1) is 20.3 Å². The largest absolute Gasteiger partial charge is 0.493 e. The number of rotatable bonds is 9. The fraction of sp³-hybridized carbons (Fsp3) is 0.304. The van der Waals surface area contributed by atoms with Crippen LogP contribution >= 0.6 is 0 Å². The van der Waals surface area contributed by atoms with E-state index in [1.54, 1.807) is 25.3 Å². The van der Waals surface area contributed by atoms with Crippen molar-refractivity contribution >= 4 is 12.0 Å². The van der Waals surface area contributed by atoms with Gasteiger partial charge in [-0.1, -0.05) is 12.1 Å². The molecule has 6 heteroatoms. The molecule has 0 atom stereocenters. The van der Waals surface area contributed by atoms with E-state index in [1.807, 2.05) is 39.0 Å². The second-order valence-corrected chi connectivity index (χ2v) is 6.44. The molecule has 0 aliphatic heterocycles. The predicted molar refractivity (Wildman–Crippen MR) is 112 cm³/mol. The summed E-state index contributed by atoms with van der Waals surface area (Å²) in [5.41, 5.74) is 2.90. The van der Waals surface area contributed by atoms with Gasteiger partial charge >= 0.3 is 0 Å². The zero-order chi connectivity index (χ0) is 21.2. The third kappa shape index (κ3) is 6.58. The van der Waals surface area contributed by atoms with Crippen LogP contribution in [0.15, 0.2) is 42.0 Å². The number of methoxy groups -OCH3 is 1. The summed E-state index contributed by atoms with van der Waals surface area (Å²) in [7, 11) is 1.54. The van der Waals surface area contributed by atoms with Crippen LogP contribution in [0.4, 0.5) is 0 Å². The van der Waals surface area contributed by atoms with Gasteiger partial charge in [0.25, 0.3) is 5.91 Å². The molecule has 6 nitrogen and oxygen atoms in total. The first-order chi connectivity index (χ1) is 14.0. The minimum atomic E-state index is -0.454. The Kier molecular flexibility index (Phi) is 8.11. The Balaban J connectivity index is 1.96. The lowest BCUT2D eigenvalue weighted by atomic mass is 10.1. The maximum Gasteiger partial charge on any atom is 0.262 e. The van der Waals surface area contributed by atoms with E-state index in [-0.39, 0.29) is 12.1 Å². The summed E-state index contributed by atoms with van der Waals surface area (Å²) in [5.74, 6) is 1.46. The molecule has 152 valence electrons. The Labute approximate surface area is 171 Å². The quantitative estimate of drug-likeness (QED) is 0.397. The van der Waals surface area contributed by atoms with Gasteiger partial charge in [-0.25, -0.2) is 0 Å². The lowest BCUT2D eigenvalue weighted by Gasteiger charge is -2.10. The molecule has 0 aliphatic carbocycles. The molecule has 1 N–H and O–H groups in total. The van der Waals surface area contributed by atoms with E-state index in [9.17, 15) is 10.1 Å². The average molecular weight is 394 g/mol. The van der Waals surface area contributed by atoms with E-state index in [4.69, 9.17) is 14.2 Å². The molecule has 0 radical (unpaired) electrons. The molecule has 2 aromatic carbocycles. The van der Waals surface area contributed by atoms with E-state index >= 15 is 0 Å². The van der Waals surface area contributed by atoms with Crippen LogP contribution in [0.2, 0.25) is 0 Å². The second kappa shape index (κ2) is 10.8. The molecule has 1 amide bonds. The first kappa shape index (κ1) is 21.8. The summed E-state index contributed by atoms with van der Waals surface area (Å²) in [6, 6.07) is 13.1. The minimum Gasteiger partial charge on any atom is -0.493 e. The molecule has 0 saturated heterocycles. The number of nitrogens with zero attached hydrogens (tertiary/aromatic N) is 1. The highest BCUT2D eigenvalue weighted by Crippen LogP contribution is 2.28. The molecule has 29 heavy (non-hydrogen) atoms. The normalized spacial score (nSPS) is 10.8. The van der Waals surface area contributed by atoms with Crippen LogP contribution in [0.5, 0.6) is 17.2 Å². The number of ether oxygens (including phenoxy) is 3. The Morgan fingerprint density at radius 3 is 2.45 bits per heavy atom. The van der Waals surface area contributed by atoms with Gasteiger partial charge in [-0.3, -0.25) is 4.79 Å². The van der Waals surface area contributed by atoms with Gasteiger partial charge < -0.3 is 19.5 Å². The Hall–Kier alpha value is -3.46. The number of nitriles is 1. The summed E-state index contributed by atoms with van der Waals surface area (Å²) in [6.45, 7) is 7.00. The van der Waals surface area contributed by atoms with Crippen molar-refractivity contribution in [3.8, 4) is 23.3 Å². The summed E-state index contributed by atoms with van der Waals surface area (Å²) in [5, 5.41) is 12.1. The van der Waals surface area contributed by atoms with Crippen LogP contribution in [0.25, 0.3) is 6.08 Å². The molecular weight excluding hydrogens is 368 g/mol. The number of nitrogens with one attached hydrogen (secondary N) is 1. The number of hydrogen-bond acceptors (Lipinski definition) is 5. The maximum absolute atomic E-state index is 12.3. The molecule has 0 bridgehead atoms. The molecule has 2 rings (SSSR count). The summed E-state index contributed by atoms with van der Waals surface area (Å²) >= 11 is 0. The molecule has 0 saturated carbocycles. The molecule has 0 heterocycles. The van der Waals surface area contributed by atoms with Crippen LogP contribution in [-0.2, 0) is 4.79 Å². The van der Waals surface area contributed by atoms with Gasteiger partial charge in [0, 0.05) is 0 Å². The van der Waals surface area contributed by atoms with Crippen molar-refractivity contribution in [2.45, 2.75) is 20.8 Å². The van der Waals surface area contributed by atoms with Gasteiger partial charge in [0.1, 0.15) is 24.0 Å². The molecule has 0 aliphatic rings. The van der Waals surface area contributed by atoms with Crippen LogP contribution in [0, 0.1) is 25.2 Å². The summed E-state index contributed by atoms with van der Waals surface area (Å²) in [6.07, 6.45) is 1.51. The topological polar surface area (TPSA) is 80.6 Å². The molecule has 0 fully saturated rings. The monoisotopic (exact) mass is 394 g/mol. The van der Waals surface area contributed by atoms with Crippen molar-refractivity contribution in [2.75, 3.05) is 26.9 Å². The fourth-order valence-electron chi connectivity index (χ4n) is 2.81. The SMILES string of the molecule is CCOc1ccc(/C=C(\C#N)C(=O)NCCOc2cc(C)cc(C)c2)cc1OC. The van der Waals surface area contributed by atoms with E-state index in [1.165, 1.54) is 6.08 Å². The zero-order valence-electron chi connectivity index (χ0n) is 17.2. The standard InChI is InChI=1S/C23H26N2O4/c1-5-28-21-7-6-18(14-22(21)27-4)13-19(15-24)23(26)25-8-9-29-20-11-16(2)10-17(3)12-20/h6-7,10-14H,5,8-9H2,1-4H3,(H,25,26)/b19-13+. The van der Waals surface area contributed by atoms with E-state index in [0.717, 1.165) is 16.9 Å². The number of aryl methyl sites for hydroxylation is 2. The number of hydrogen-bond donors (Lipinski definition) is 1. The third-order valence-electron chi connectivity index (χ3n) is 4.02. The van der Waals surface area contributed by atoms with Gasteiger partial charge in [-0.05, 0) is 67.8 Å². The summed E-state index contributed by atoms with van der Waals surface area (Å²) < 4.78 is 16.4. The first-order valence-corrected chi connectivity index (χ1v) is 9.38. The van der Waals surface area contributed by atoms with Crippen LogP contribution in [0.1, 0.15) is 23.6 Å². The van der Waals surface area contributed by atoms with Gasteiger partial charge in [-0.2, -0.15) is 5.26 Å². The Bertz CT molecular complexity index is 909. The fourth-order valence-corrected chi connectivity index (χ4v) is 2.81. The van der Waals surface area contributed by atoms with Gasteiger partial charge in [-0.15, -0.1) is 0 Å². The third-order valence-corrected chi connectivity index (χ3v) is 4.02. The molecule has 2 aromatic rings. The van der Waals surface area contributed by atoms with E-state index in [2.05, 4.69) is 11.4 Å². The number of carbonyl (C=O) groups excluding carboxylic acids is 1. The highest BCUT2D eigenvalue weighted by molar-refractivity contribution is 6.01. The number of amides is 1. The van der Waals surface area contributed by atoms with Gasteiger partial charge in [0.15, 0.2) is 11.5 Å².